The van der Waals surface area contributed by atoms with Crippen LogP contribution in [-0.4, -0.2) is 50.1 Å². The molecule has 0 radical (unpaired) electrons. The number of rotatable bonds is 5. The zero-order valence-corrected chi connectivity index (χ0v) is 14.8. The second-order valence-corrected chi connectivity index (χ2v) is 7.54. The molecule has 1 amide bonds. The number of carbonyl (C=O) groups is 1. The lowest BCUT2D eigenvalue weighted by molar-refractivity contribution is 0.0393. The second-order valence-electron chi connectivity index (χ2n) is 7.54. The molecule has 3 N–H and O–H groups in total. The first-order valence-corrected chi connectivity index (χ1v) is 9.26. The molecule has 2 aliphatic rings. The lowest BCUT2D eigenvalue weighted by Gasteiger charge is -2.37. The summed E-state index contributed by atoms with van der Waals surface area (Å²) in [6.07, 6.45) is 5.31. The van der Waals surface area contributed by atoms with Gasteiger partial charge in [-0.1, -0.05) is 35.5 Å². The van der Waals surface area contributed by atoms with Gasteiger partial charge in [0.1, 0.15) is 0 Å². The first-order valence-electron chi connectivity index (χ1n) is 9.26. The van der Waals surface area contributed by atoms with E-state index < -0.39 is 5.54 Å². The summed E-state index contributed by atoms with van der Waals surface area (Å²) >= 11 is 0. The van der Waals surface area contributed by atoms with E-state index in [-0.39, 0.29) is 12.5 Å². The first kappa shape index (κ1) is 17.2. The highest BCUT2D eigenvalue weighted by Crippen LogP contribution is 2.39. The van der Waals surface area contributed by atoms with Crippen LogP contribution in [0, 0.1) is 5.92 Å². The Labute approximate surface area is 152 Å². The van der Waals surface area contributed by atoms with E-state index >= 15 is 0 Å². The Morgan fingerprint density at radius 3 is 2.77 bits per heavy atom. The summed E-state index contributed by atoms with van der Waals surface area (Å²) in [7, 11) is 0. The predicted octanol–water partition coefficient (Wildman–Crippen LogP) is 1.14. The van der Waals surface area contributed by atoms with Gasteiger partial charge in [-0.3, -0.25) is 9.48 Å². The van der Waals surface area contributed by atoms with Crippen LogP contribution in [0.4, 0.5) is 0 Å². The summed E-state index contributed by atoms with van der Waals surface area (Å²) in [5.41, 5.74) is 6.45. The molecule has 7 heteroatoms. The van der Waals surface area contributed by atoms with Crippen LogP contribution in [0.25, 0.3) is 0 Å². The van der Waals surface area contributed by atoms with Crippen LogP contribution < -0.4 is 5.73 Å². The third-order valence-corrected chi connectivity index (χ3v) is 5.78. The lowest BCUT2D eigenvalue weighted by Crippen LogP contribution is -2.47. The molecule has 1 aliphatic heterocycles. The molecule has 4 rings (SSSR count). The number of aliphatic hydroxyl groups excluding tert-OH is 1. The van der Waals surface area contributed by atoms with Crippen LogP contribution in [0.2, 0.25) is 0 Å². The number of aromatic nitrogens is 3. The van der Waals surface area contributed by atoms with Gasteiger partial charge in [-0.2, -0.15) is 0 Å². The van der Waals surface area contributed by atoms with Gasteiger partial charge in [0.15, 0.2) is 5.69 Å². The minimum absolute atomic E-state index is 0.100. The molecular formula is C19H25N5O2. The molecule has 1 saturated heterocycles. The largest absolute Gasteiger partial charge is 0.394 e. The van der Waals surface area contributed by atoms with Crippen LogP contribution in [0.5, 0.6) is 0 Å². The maximum atomic E-state index is 13.1. The fourth-order valence-electron chi connectivity index (χ4n) is 4.30. The van der Waals surface area contributed by atoms with Gasteiger partial charge in [-0.05, 0) is 37.2 Å². The van der Waals surface area contributed by atoms with Crippen molar-refractivity contribution in [1.82, 2.24) is 19.9 Å². The Bertz CT molecular complexity index is 771. The average molecular weight is 355 g/mol. The third-order valence-electron chi connectivity index (χ3n) is 5.78. The molecule has 26 heavy (non-hydrogen) atoms. The van der Waals surface area contributed by atoms with Gasteiger partial charge in [0.25, 0.3) is 5.91 Å². The van der Waals surface area contributed by atoms with E-state index in [1.807, 2.05) is 30.3 Å². The Hall–Kier alpha value is -2.25. The van der Waals surface area contributed by atoms with E-state index in [0.29, 0.717) is 24.2 Å². The van der Waals surface area contributed by atoms with Crippen LogP contribution in [0.3, 0.4) is 0 Å². The highest BCUT2D eigenvalue weighted by Gasteiger charge is 2.45. The Morgan fingerprint density at radius 1 is 1.31 bits per heavy atom. The highest BCUT2D eigenvalue weighted by molar-refractivity contribution is 5.92. The molecule has 1 unspecified atom stereocenters. The van der Waals surface area contributed by atoms with Crippen molar-refractivity contribution in [2.75, 3.05) is 13.2 Å². The number of carbonyl (C=O) groups excluding carboxylic acids is 1. The van der Waals surface area contributed by atoms with Crippen molar-refractivity contribution in [2.24, 2.45) is 11.7 Å². The second kappa shape index (κ2) is 6.81. The number of hydrogen-bond acceptors (Lipinski definition) is 5. The van der Waals surface area contributed by atoms with Gasteiger partial charge in [-0.15, -0.1) is 5.10 Å². The quantitative estimate of drug-likeness (QED) is 0.838. The van der Waals surface area contributed by atoms with Crippen LogP contribution in [0.1, 0.15) is 41.7 Å². The Balaban J connectivity index is 1.54. The molecule has 1 saturated carbocycles. The summed E-state index contributed by atoms with van der Waals surface area (Å²) < 4.78 is 1.74. The zero-order valence-electron chi connectivity index (χ0n) is 14.8. The van der Waals surface area contributed by atoms with Crippen molar-refractivity contribution in [2.45, 2.75) is 43.8 Å². The molecule has 138 valence electrons. The van der Waals surface area contributed by atoms with E-state index in [4.69, 9.17) is 5.73 Å². The SMILES string of the molecule is NC1CC(Cn2cc(C(=O)N3CCCC3(CO)c3ccccc3)nn2)C1. The number of likely N-dealkylation sites (tertiary alicyclic amines) is 1. The fourth-order valence-corrected chi connectivity index (χ4v) is 4.30. The van der Waals surface area contributed by atoms with E-state index in [2.05, 4.69) is 10.3 Å². The van der Waals surface area contributed by atoms with Crippen molar-refractivity contribution in [3.8, 4) is 0 Å². The van der Waals surface area contributed by atoms with Gasteiger partial charge in [0.2, 0.25) is 0 Å². The first-order chi connectivity index (χ1) is 12.6. The van der Waals surface area contributed by atoms with Crippen molar-refractivity contribution < 1.29 is 9.90 Å². The minimum Gasteiger partial charge on any atom is -0.394 e. The van der Waals surface area contributed by atoms with Crippen LogP contribution in [0.15, 0.2) is 36.5 Å². The lowest BCUT2D eigenvalue weighted by atomic mass is 9.81. The smallest absolute Gasteiger partial charge is 0.276 e. The molecule has 1 atom stereocenters. The molecule has 1 aromatic carbocycles. The van der Waals surface area contributed by atoms with Crippen molar-refractivity contribution >= 4 is 5.91 Å². The molecule has 0 spiro atoms. The summed E-state index contributed by atoms with van der Waals surface area (Å²) in [6.45, 7) is 1.26. The zero-order chi connectivity index (χ0) is 18.1. The summed E-state index contributed by atoms with van der Waals surface area (Å²) in [5, 5.41) is 18.4. The molecule has 2 aromatic rings. The van der Waals surface area contributed by atoms with Gasteiger partial charge in [0.05, 0.1) is 18.3 Å². The molecule has 2 heterocycles. The molecule has 0 bridgehead atoms. The number of nitrogens with zero attached hydrogens (tertiary/aromatic N) is 4. The summed E-state index contributed by atoms with van der Waals surface area (Å²) in [5.74, 6) is 0.347. The van der Waals surface area contributed by atoms with Crippen molar-refractivity contribution in [1.29, 1.82) is 0 Å². The van der Waals surface area contributed by atoms with E-state index in [1.54, 1.807) is 15.8 Å². The van der Waals surface area contributed by atoms with Gasteiger partial charge >= 0.3 is 0 Å². The minimum atomic E-state index is -0.678. The predicted molar refractivity (Wildman–Crippen MR) is 96.2 cm³/mol. The number of amides is 1. The summed E-state index contributed by atoms with van der Waals surface area (Å²) in [4.78, 5) is 14.9. The van der Waals surface area contributed by atoms with Gasteiger partial charge < -0.3 is 15.7 Å². The molecule has 1 aromatic heterocycles. The average Bonchev–Trinajstić information content (AvgIpc) is 3.28. The van der Waals surface area contributed by atoms with Gasteiger partial charge in [-0.25, -0.2) is 0 Å². The number of hydrogen-bond donors (Lipinski definition) is 2. The standard InChI is InChI=1S/C19H25N5O2/c20-16-9-14(10-16)11-23-12-17(21-22-23)18(26)24-8-4-7-19(24,13-25)15-5-2-1-3-6-15/h1-3,5-6,12,14,16,25H,4,7-11,13,20H2. The topological polar surface area (TPSA) is 97.3 Å². The summed E-state index contributed by atoms with van der Waals surface area (Å²) in [6, 6.07) is 10.1. The highest BCUT2D eigenvalue weighted by atomic mass is 16.3. The molecule has 1 aliphatic carbocycles. The monoisotopic (exact) mass is 355 g/mol. The number of aliphatic hydroxyl groups is 1. The maximum Gasteiger partial charge on any atom is 0.276 e. The van der Waals surface area contributed by atoms with Gasteiger partial charge in [0, 0.05) is 19.1 Å². The van der Waals surface area contributed by atoms with Crippen molar-refractivity contribution in [3.05, 3.63) is 47.8 Å². The van der Waals surface area contributed by atoms with Crippen LogP contribution in [-0.2, 0) is 12.1 Å². The number of benzene rings is 1. The third kappa shape index (κ3) is 2.91. The maximum absolute atomic E-state index is 13.1. The Kier molecular flexibility index (Phi) is 4.50. The van der Waals surface area contributed by atoms with E-state index in [1.165, 1.54) is 0 Å². The van der Waals surface area contributed by atoms with Crippen LogP contribution >= 0.6 is 0 Å². The van der Waals surface area contributed by atoms with E-state index in [9.17, 15) is 9.90 Å². The molecule has 2 fully saturated rings. The molecular weight excluding hydrogens is 330 g/mol. The normalized spacial score (nSPS) is 28.2. The fraction of sp³-hybridized carbons (Fsp3) is 0.526. The molecule has 7 nitrogen and oxygen atoms in total. The number of nitrogens with two attached hydrogens (primary N) is 1. The van der Waals surface area contributed by atoms with E-state index in [0.717, 1.165) is 37.8 Å². The van der Waals surface area contributed by atoms with Crippen molar-refractivity contribution in [3.63, 3.8) is 0 Å². The Morgan fingerprint density at radius 2 is 2.08 bits per heavy atom.